The Hall–Kier alpha value is -6.23. The maximum atomic E-state index is 6.53. The van der Waals surface area contributed by atoms with E-state index in [-0.39, 0.29) is 0 Å². The van der Waals surface area contributed by atoms with Gasteiger partial charge in [-0.25, -0.2) is 0 Å². The summed E-state index contributed by atoms with van der Waals surface area (Å²) in [5, 5.41) is 8.12. The van der Waals surface area contributed by atoms with Crippen LogP contribution in [0, 0.1) is 12.3 Å². The molecule has 0 bridgehead atoms. The summed E-state index contributed by atoms with van der Waals surface area (Å²) in [5.41, 5.74) is 25.5. The molecule has 1 aromatic heterocycles. The number of nitrogens with one attached hydrogen (secondary N) is 1. The molecule has 0 amide bonds. The predicted octanol–water partition coefficient (Wildman–Crippen LogP) is 14.2. The van der Waals surface area contributed by atoms with Crippen LogP contribution in [0.4, 0.5) is 0 Å². The Bertz CT molecular complexity index is 2440. The first kappa shape index (κ1) is 40.9. The summed E-state index contributed by atoms with van der Waals surface area (Å²) < 4.78 is 2.64. The van der Waals surface area contributed by atoms with Gasteiger partial charge in [0.25, 0.3) is 0 Å². The minimum Gasteiger partial charge on any atom is -0.398 e. The van der Waals surface area contributed by atoms with Gasteiger partial charge in [-0.1, -0.05) is 190 Å². The summed E-state index contributed by atoms with van der Waals surface area (Å²) >= 11 is 1.88. The highest BCUT2D eigenvalue weighted by atomic mass is 32.1. The quantitative estimate of drug-likeness (QED) is 0.112. The monoisotopic (exact) mass is 751 g/mol. The van der Waals surface area contributed by atoms with Crippen LogP contribution in [-0.4, -0.2) is 6.72 Å². The van der Waals surface area contributed by atoms with Gasteiger partial charge in [-0.2, -0.15) is 0 Å². The molecule has 4 heteroatoms. The van der Waals surface area contributed by atoms with E-state index >= 15 is 0 Å². The Morgan fingerprint density at radius 3 is 1.75 bits per heavy atom. The smallest absolute Gasteiger partial charge is 0.0439 e. The van der Waals surface area contributed by atoms with Crippen molar-refractivity contribution < 1.29 is 0 Å². The SMILES string of the molecule is C=N.CC.CC(C1=CC=C(c2ccc3c(sc4ccccc43)c2-c2ccc(/C(N)=C/C=C(\N)c3ccccc3)cc2)CC1)c1ccccc1.Cc1ccccc1. The number of allylic oxidation sites excluding steroid dienone is 6. The van der Waals surface area contributed by atoms with E-state index in [9.17, 15) is 0 Å². The summed E-state index contributed by atoms with van der Waals surface area (Å²) in [5.74, 6) is 0.414. The normalized spacial score (nSPS) is 13.1. The first-order valence-corrected chi connectivity index (χ1v) is 20.1. The molecule has 1 heterocycles. The lowest BCUT2D eigenvalue weighted by atomic mass is 9.82. The van der Waals surface area contributed by atoms with Crippen molar-refractivity contribution in [2.45, 2.75) is 46.5 Å². The lowest BCUT2D eigenvalue weighted by Crippen LogP contribution is -2.03. The molecule has 8 rings (SSSR count). The van der Waals surface area contributed by atoms with Crippen LogP contribution in [-0.2, 0) is 0 Å². The Balaban J connectivity index is 0.000000482. The van der Waals surface area contributed by atoms with E-state index in [0.717, 1.165) is 24.0 Å². The molecule has 0 saturated carbocycles. The molecule has 7 aromatic rings. The molecule has 0 radical (unpaired) electrons. The van der Waals surface area contributed by atoms with E-state index in [4.69, 9.17) is 16.9 Å². The molecule has 0 fully saturated rings. The second-order valence-electron chi connectivity index (χ2n) is 13.4. The number of thiophene rings is 1. The van der Waals surface area contributed by atoms with Crippen LogP contribution >= 0.6 is 11.3 Å². The molecule has 56 heavy (non-hydrogen) atoms. The zero-order valence-corrected chi connectivity index (χ0v) is 33.8. The molecule has 5 N–H and O–H groups in total. The van der Waals surface area contributed by atoms with E-state index in [2.05, 4.69) is 136 Å². The first-order valence-electron chi connectivity index (χ1n) is 19.3. The average molecular weight is 752 g/mol. The number of fused-ring (bicyclic) bond motifs is 3. The highest BCUT2D eigenvalue weighted by Gasteiger charge is 2.20. The molecule has 282 valence electrons. The lowest BCUT2D eigenvalue weighted by Gasteiger charge is -2.22. The Labute approximate surface area is 337 Å². The lowest BCUT2D eigenvalue weighted by molar-refractivity contribution is 0.805. The molecular formula is C52H53N3S. The van der Waals surface area contributed by atoms with Crippen molar-refractivity contribution in [3.05, 3.63) is 209 Å². The molecule has 1 aliphatic rings. The van der Waals surface area contributed by atoms with E-state index in [0.29, 0.717) is 17.3 Å². The second-order valence-corrected chi connectivity index (χ2v) is 14.4. The number of benzene rings is 6. The van der Waals surface area contributed by atoms with Crippen LogP contribution in [0.5, 0.6) is 0 Å². The van der Waals surface area contributed by atoms with Crippen molar-refractivity contribution >= 4 is 55.2 Å². The zero-order chi connectivity index (χ0) is 39.9. The van der Waals surface area contributed by atoms with Gasteiger partial charge in [0, 0.05) is 43.0 Å². The van der Waals surface area contributed by atoms with E-state index in [1.807, 2.05) is 85.9 Å². The molecular weight excluding hydrogens is 699 g/mol. The first-order chi connectivity index (χ1) is 27.5. The Morgan fingerprint density at radius 2 is 1.18 bits per heavy atom. The molecule has 0 saturated heterocycles. The van der Waals surface area contributed by atoms with Gasteiger partial charge >= 0.3 is 0 Å². The van der Waals surface area contributed by atoms with Crippen molar-refractivity contribution in [3.8, 4) is 11.1 Å². The van der Waals surface area contributed by atoms with Gasteiger partial charge in [-0.15, -0.1) is 11.3 Å². The topological polar surface area (TPSA) is 75.9 Å². The standard InChI is InChI=1S/C42H36N2S.C7H8.C2H6.CH3N/c1-28(29-10-4-2-5-11-29)30-16-18-31(19-17-30)35-24-25-37-36-14-8-9-15-40(36)45-42(37)41(35)34-22-20-33(21-23-34)39(44)27-26-38(43)32-12-6-3-7-13-32;1-7-5-3-2-4-6-7;2*1-2/h2-16,18,20-28H,17,19,43-44H2,1H3;2-6H,1H3;1-2H3;2H,1H2/b38-26-,39-27-;;;. The summed E-state index contributed by atoms with van der Waals surface area (Å²) in [4.78, 5) is 0. The number of aryl methyl sites for hydroxylation is 1. The van der Waals surface area contributed by atoms with Crippen molar-refractivity contribution in [2.24, 2.45) is 11.5 Å². The van der Waals surface area contributed by atoms with Crippen molar-refractivity contribution in [2.75, 3.05) is 0 Å². The highest BCUT2D eigenvalue weighted by Crippen LogP contribution is 2.45. The molecule has 0 spiro atoms. The van der Waals surface area contributed by atoms with Gasteiger partial charge in [0.2, 0.25) is 0 Å². The fourth-order valence-electron chi connectivity index (χ4n) is 6.90. The third-order valence-corrected chi connectivity index (χ3v) is 11.1. The van der Waals surface area contributed by atoms with Crippen LogP contribution in [0.3, 0.4) is 0 Å². The number of hydrogen-bond acceptors (Lipinski definition) is 4. The summed E-state index contributed by atoms with van der Waals surface area (Å²) in [7, 11) is 0. The van der Waals surface area contributed by atoms with Crippen molar-refractivity contribution in [1.29, 1.82) is 5.41 Å². The minimum absolute atomic E-state index is 0.414. The zero-order valence-electron chi connectivity index (χ0n) is 33.0. The largest absolute Gasteiger partial charge is 0.398 e. The third-order valence-electron chi connectivity index (χ3n) is 9.93. The maximum Gasteiger partial charge on any atom is 0.0439 e. The van der Waals surface area contributed by atoms with E-state index < -0.39 is 0 Å². The molecule has 3 nitrogen and oxygen atoms in total. The predicted molar refractivity (Wildman–Crippen MR) is 248 cm³/mol. The molecule has 6 aromatic carbocycles. The second kappa shape index (κ2) is 20.5. The maximum absolute atomic E-state index is 6.53. The van der Waals surface area contributed by atoms with Crippen LogP contribution in [0.1, 0.15) is 67.3 Å². The fourth-order valence-corrected chi connectivity index (χ4v) is 8.18. The van der Waals surface area contributed by atoms with Crippen LogP contribution in [0.25, 0.3) is 48.3 Å². The van der Waals surface area contributed by atoms with Gasteiger partial charge < -0.3 is 16.9 Å². The summed E-state index contributed by atoms with van der Waals surface area (Å²) in [6, 6.07) is 53.1. The number of hydrogen-bond donors (Lipinski definition) is 3. The Morgan fingerprint density at radius 1 is 0.625 bits per heavy atom. The van der Waals surface area contributed by atoms with E-state index in [1.165, 1.54) is 59.1 Å². The minimum atomic E-state index is 0.414. The van der Waals surface area contributed by atoms with Gasteiger partial charge in [-0.05, 0) is 78.1 Å². The van der Waals surface area contributed by atoms with Gasteiger partial charge in [0.05, 0.1) is 0 Å². The molecule has 1 aliphatic carbocycles. The molecule has 0 aliphatic heterocycles. The highest BCUT2D eigenvalue weighted by molar-refractivity contribution is 7.26. The van der Waals surface area contributed by atoms with Crippen LogP contribution in [0.15, 0.2) is 182 Å². The van der Waals surface area contributed by atoms with Gasteiger partial charge in [0.1, 0.15) is 0 Å². The average Bonchev–Trinajstić information content (AvgIpc) is 3.66. The van der Waals surface area contributed by atoms with Gasteiger partial charge in [0.15, 0.2) is 0 Å². The molecule has 1 unspecified atom stereocenters. The number of nitrogens with two attached hydrogens (primary N) is 2. The van der Waals surface area contributed by atoms with Gasteiger partial charge in [-0.3, -0.25) is 0 Å². The fraction of sp³-hybridized carbons (Fsp3) is 0.135. The third kappa shape index (κ3) is 9.89. The van der Waals surface area contributed by atoms with Crippen LogP contribution in [0.2, 0.25) is 0 Å². The van der Waals surface area contributed by atoms with Crippen molar-refractivity contribution in [3.63, 3.8) is 0 Å². The summed E-state index contributed by atoms with van der Waals surface area (Å²) in [6.07, 6.45) is 10.6. The van der Waals surface area contributed by atoms with Crippen LogP contribution < -0.4 is 11.5 Å². The van der Waals surface area contributed by atoms with E-state index in [1.54, 1.807) is 0 Å². The number of rotatable bonds is 7. The van der Waals surface area contributed by atoms with Crippen molar-refractivity contribution in [1.82, 2.24) is 0 Å². The summed E-state index contributed by atoms with van der Waals surface area (Å²) in [6.45, 7) is 10.9. The molecule has 1 atom stereocenters. The Kier molecular flexibility index (Phi) is 15.0.